The van der Waals surface area contributed by atoms with E-state index in [0.29, 0.717) is 12.8 Å². The first-order chi connectivity index (χ1) is 15.9. The van der Waals surface area contributed by atoms with Crippen molar-refractivity contribution in [1.82, 2.24) is 5.32 Å². The minimum Gasteiger partial charge on any atom is -0.388 e. The molecule has 6 atom stereocenters. The van der Waals surface area contributed by atoms with Crippen LogP contribution in [0.1, 0.15) is 79.1 Å². The zero-order chi connectivity index (χ0) is 25.9. The van der Waals surface area contributed by atoms with Crippen molar-refractivity contribution in [2.24, 2.45) is 5.92 Å². The third-order valence-electron chi connectivity index (χ3n) is 6.59. The number of phosphoric acid groups is 1. The number of carbonyl (C=O) groups is 2. The molecule has 5 N–H and O–H groups in total. The molecule has 1 aliphatic heterocycles. The molecule has 0 aromatic heterocycles. The van der Waals surface area contributed by atoms with Gasteiger partial charge in [-0.2, -0.15) is 0 Å². The molecule has 1 heterocycles. The maximum absolute atomic E-state index is 12.2. The number of carbonyl (C=O) groups excluding carboxylic acids is 2. The van der Waals surface area contributed by atoms with Crippen molar-refractivity contribution < 1.29 is 43.4 Å². The molecule has 1 saturated heterocycles. The molecule has 6 unspecified atom stereocenters. The van der Waals surface area contributed by atoms with Crippen LogP contribution in [-0.4, -0.2) is 68.3 Å². The van der Waals surface area contributed by atoms with E-state index in [1.165, 1.54) is 13.0 Å². The zero-order valence-electron chi connectivity index (χ0n) is 20.7. The summed E-state index contributed by atoms with van der Waals surface area (Å²) >= 11 is 0. The normalized spacial score (nSPS) is 25.9. The first-order valence-electron chi connectivity index (χ1n) is 12.0. The lowest BCUT2D eigenvalue weighted by molar-refractivity contribution is -0.129. The summed E-state index contributed by atoms with van der Waals surface area (Å²) in [6.45, 7) is 6.57. The van der Waals surface area contributed by atoms with Crippen molar-refractivity contribution >= 4 is 19.5 Å². The summed E-state index contributed by atoms with van der Waals surface area (Å²) < 4.78 is 20.9. The second kappa shape index (κ2) is 14.4. The predicted octanol–water partition coefficient (Wildman–Crippen LogP) is 2.38. The highest BCUT2D eigenvalue weighted by atomic mass is 31.2. The molecule has 11 heteroatoms. The molecule has 0 aromatic carbocycles. The molecule has 1 fully saturated rings. The van der Waals surface area contributed by atoms with E-state index in [9.17, 15) is 24.4 Å². The Morgan fingerprint density at radius 2 is 1.76 bits per heavy atom. The minimum absolute atomic E-state index is 0.0384. The van der Waals surface area contributed by atoms with Gasteiger partial charge in [-0.15, -0.1) is 0 Å². The largest absolute Gasteiger partial charge is 0.469 e. The van der Waals surface area contributed by atoms with Gasteiger partial charge >= 0.3 is 7.82 Å². The fourth-order valence-corrected chi connectivity index (χ4v) is 4.75. The predicted molar refractivity (Wildman–Crippen MR) is 127 cm³/mol. The number of unbranched alkanes of at least 4 members (excludes halogenated alkanes) is 4. The maximum Gasteiger partial charge on any atom is 0.469 e. The van der Waals surface area contributed by atoms with E-state index in [0.717, 1.165) is 38.5 Å². The van der Waals surface area contributed by atoms with Gasteiger partial charge in [-0.3, -0.25) is 14.1 Å². The molecule has 0 saturated carbocycles. The smallest absolute Gasteiger partial charge is 0.388 e. The van der Waals surface area contributed by atoms with Crippen molar-refractivity contribution in [2.45, 2.75) is 109 Å². The molecule has 10 nitrogen and oxygen atoms in total. The molecular weight excluding hydrogens is 465 g/mol. The number of allylic oxidation sites excluding steroid dienone is 1. The van der Waals surface area contributed by atoms with E-state index >= 15 is 0 Å². The van der Waals surface area contributed by atoms with E-state index in [2.05, 4.69) is 9.84 Å². The van der Waals surface area contributed by atoms with Gasteiger partial charge in [0.1, 0.15) is 18.3 Å². The van der Waals surface area contributed by atoms with Crippen molar-refractivity contribution in [3.05, 3.63) is 12.2 Å². The molecular formula is C23H42NO9P. The van der Waals surface area contributed by atoms with Crippen LogP contribution in [0.3, 0.4) is 0 Å². The Hall–Kier alpha value is -1.13. The quantitative estimate of drug-likeness (QED) is 0.120. The highest BCUT2D eigenvalue weighted by Crippen LogP contribution is 2.38. The second-order valence-electron chi connectivity index (χ2n) is 9.17. The summed E-state index contributed by atoms with van der Waals surface area (Å²) in [6.07, 6.45) is 5.44. The standard InChI is InChI=1S/C23H42NO9P/c1-5-12-19(26)24-23(6-2,17(4)25)14-11-9-7-8-10-13-16(3)22-21(28)20(27)18(33-22)15-32-34(29,30)31/h5,12,16,18,20-22,27-28H,6-11,13-15H2,1-4H3,(H,24,26)(H2,29,30,31)/b12-5-. The van der Waals surface area contributed by atoms with Crippen LogP contribution in [0.25, 0.3) is 0 Å². The van der Waals surface area contributed by atoms with Gasteiger partial charge in [-0.1, -0.05) is 52.0 Å². The Morgan fingerprint density at radius 3 is 2.32 bits per heavy atom. The number of ether oxygens (including phenoxy) is 1. The molecule has 0 aromatic rings. The summed E-state index contributed by atoms with van der Waals surface area (Å²) in [5.74, 6) is -0.356. The van der Waals surface area contributed by atoms with Crippen LogP contribution in [-0.2, 0) is 23.4 Å². The number of nitrogens with one attached hydrogen (secondary N) is 1. The number of rotatable bonds is 16. The van der Waals surface area contributed by atoms with Gasteiger partial charge in [0.05, 0.1) is 18.2 Å². The van der Waals surface area contributed by atoms with Crippen LogP contribution in [0.4, 0.5) is 0 Å². The van der Waals surface area contributed by atoms with Crippen LogP contribution in [0.15, 0.2) is 12.2 Å². The Bertz CT molecular complexity index is 725. The van der Waals surface area contributed by atoms with E-state index in [4.69, 9.17) is 14.5 Å². The third kappa shape index (κ3) is 9.85. The zero-order valence-corrected chi connectivity index (χ0v) is 21.6. The van der Waals surface area contributed by atoms with Gasteiger partial charge in [0.15, 0.2) is 5.78 Å². The molecule has 0 spiro atoms. The van der Waals surface area contributed by atoms with E-state index < -0.39 is 44.4 Å². The Morgan fingerprint density at radius 1 is 1.15 bits per heavy atom. The molecule has 1 aliphatic rings. The van der Waals surface area contributed by atoms with Gasteiger partial charge in [0, 0.05) is 0 Å². The molecule has 0 radical (unpaired) electrons. The van der Waals surface area contributed by atoms with Gasteiger partial charge in [-0.25, -0.2) is 4.57 Å². The monoisotopic (exact) mass is 507 g/mol. The fourth-order valence-electron chi connectivity index (χ4n) is 4.41. The lowest BCUT2D eigenvalue weighted by Crippen LogP contribution is -2.52. The maximum atomic E-state index is 12.2. The summed E-state index contributed by atoms with van der Waals surface area (Å²) in [5.41, 5.74) is -0.831. The summed E-state index contributed by atoms with van der Waals surface area (Å²) in [6, 6.07) is 0. The molecule has 0 aliphatic carbocycles. The summed E-state index contributed by atoms with van der Waals surface area (Å²) in [5, 5.41) is 23.2. The van der Waals surface area contributed by atoms with E-state index in [1.54, 1.807) is 13.0 Å². The van der Waals surface area contributed by atoms with E-state index in [-0.39, 0.29) is 17.6 Å². The van der Waals surface area contributed by atoms with Crippen molar-refractivity contribution in [3.63, 3.8) is 0 Å². The number of ketones is 1. The number of hydrogen-bond acceptors (Lipinski definition) is 7. The first-order valence-corrected chi connectivity index (χ1v) is 13.6. The van der Waals surface area contributed by atoms with Crippen molar-refractivity contribution in [2.75, 3.05) is 6.61 Å². The fraction of sp³-hybridized carbons (Fsp3) is 0.826. The number of amides is 1. The van der Waals surface area contributed by atoms with E-state index in [1.807, 2.05) is 13.8 Å². The number of hydrogen-bond donors (Lipinski definition) is 5. The number of aliphatic hydroxyl groups excluding tert-OH is 2. The molecule has 34 heavy (non-hydrogen) atoms. The molecule has 1 rings (SSSR count). The lowest BCUT2D eigenvalue weighted by atomic mass is 9.85. The minimum atomic E-state index is -4.68. The molecule has 198 valence electrons. The van der Waals surface area contributed by atoms with Crippen LogP contribution in [0, 0.1) is 5.92 Å². The van der Waals surface area contributed by atoms with Crippen LogP contribution in [0.2, 0.25) is 0 Å². The Labute approximate surface area is 202 Å². The average Bonchev–Trinajstić information content (AvgIpc) is 3.04. The number of Topliss-reactive ketones (excluding diaryl/α,β-unsaturated/α-hetero) is 1. The third-order valence-corrected chi connectivity index (χ3v) is 7.07. The van der Waals surface area contributed by atoms with Crippen molar-refractivity contribution in [1.29, 1.82) is 0 Å². The first kappa shape index (κ1) is 30.9. The summed E-state index contributed by atoms with van der Waals surface area (Å²) in [7, 11) is -4.68. The van der Waals surface area contributed by atoms with Gasteiger partial charge in [-0.05, 0) is 45.1 Å². The molecule has 1 amide bonds. The van der Waals surface area contributed by atoms with Crippen LogP contribution < -0.4 is 5.32 Å². The van der Waals surface area contributed by atoms with Gasteiger partial charge < -0.3 is 30.1 Å². The van der Waals surface area contributed by atoms with Crippen LogP contribution >= 0.6 is 7.82 Å². The number of phosphoric ester groups is 1. The second-order valence-corrected chi connectivity index (χ2v) is 10.4. The van der Waals surface area contributed by atoms with Gasteiger partial charge in [0.2, 0.25) is 5.91 Å². The highest BCUT2D eigenvalue weighted by Gasteiger charge is 2.45. The average molecular weight is 508 g/mol. The lowest BCUT2D eigenvalue weighted by Gasteiger charge is -2.31. The SMILES string of the molecule is C/C=C\C(=O)NC(CC)(CCCCCCCC(C)C1OC(COP(=O)(O)O)C(O)C1O)C(C)=O. The van der Waals surface area contributed by atoms with Gasteiger partial charge in [0.25, 0.3) is 0 Å². The molecule has 0 bridgehead atoms. The summed E-state index contributed by atoms with van der Waals surface area (Å²) in [4.78, 5) is 41.8. The van der Waals surface area contributed by atoms with Crippen LogP contribution in [0.5, 0.6) is 0 Å². The Balaban J connectivity index is 2.37. The van der Waals surface area contributed by atoms with Crippen molar-refractivity contribution in [3.8, 4) is 0 Å². The Kier molecular flexibility index (Phi) is 13.1. The highest BCUT2D eigenvalue weighted by molar-refractivity contribution is 7.46. The topological polar surface area (TPSA) is 163 Å². The number of aliphatic hydroxyl groups is 2.